The normalized spacial score (nSPS) is 11.6. The lowest BCUT2D eigenvalue weighted by Gasteiger charge is -2.10. The van der Waals surface area contributed by atoms with Gasteiger partial charge in [-0.05, 0) is 48.0 Å². The van der Waals surface area contributed by atoms with Crippen molar-refractivity contribution in [2.24, 2.45) is 5.10 Å². The van der Waals surface area contributed by atoms with Gasteiger partial charge in [0.25, 0.3) is 5.91 Å². The maximum atomic E-state index is 13.2. The molecule has 5 aromatic rings. The summed E-state index contributed by atoms with van der Waals surface area (Å²) in [6, 6.07) is 22.6. The minimum Gasteiger partial charge on any atom is -0.422 e. The number of para-hydroxylation sites is 1. The zero-order valence-electron chi connectivity index (χ0n) is 20.8. The van der Waals surface area contributed by atoms with Crippen LogP contribution < -0.4 is 10.2 Å². The van der Waals surface area contributed by atoms with E-state index < -0.39 is 23.6 Å². The molecule has 0 unspecified atom stereocenters. The van der Waals surface area contributed by atoms with Crippen LogP contribution in [0.4, 0.5) is 13.2 Å². The smallest absolute Gasteiger partial charge is 0.416 e. The molecule has 206 valence electrons. The number of halogens is 5. The second-order valence-corrected chi connectivity index (χ2v) is 9.60. The second kappa shape index (κ2) is 11.5. The van der Waals surface area contributed by atoms with Crippen molar-refractivity contribution in [3.8, 4) is 16.9 Å². The molecule has 1 amide bonds. The first-order chi connectivity index (χ1) is 19.6. The number of rotatable bonds is 6. The number of aromatic nitrogens is 1. The van der Waals surface area contributed by atoms with Crippen LogP contribution >= 0.6 is 23.2 Å². The fourth-order valence-electron chi connectivity index (χ4n) is 4.17. The summed E-state index contributed by atoms with van der Waals surface area (Å²) in [5, 5.41) is 5.39. The second-order valence-electron chi connectivity index (χ2n) is 8.76. The van der Waals surface area contributed by atoms with E-state index in [1.807, 2.05) is 30.3 Å². The highest BCUT2D eigenvalue weighted by Gasteiger charge is 2.31. The van der Waals surface area contributed by atoms with Gasteiger partial charge in [-0.15, -0.1) is 0 Å². The number of aromatic amines is 1. The van der Waals surface area contributed by atoms with E-state index >= 15 is 0 Å². The topological polar surface area (TPSA) is 83.5 Å². The lowest BCUT2D eigenvalue weighted by molar-refractivity contribution is -0.137. The molecule has 11 heteroatoms. The van der Waals surface area contributed by atoms with Crippen LogP contribution in [0.1, 0.15) is 32.0 Å². The molecule has 4 aromatic carbocycles. The molecule has 0 aliphatic rings. The number of ether oxygens (including phenoxy) is 1. The maximum Gasteiger partial charge on any atom is 0.416 e. The lowest BCUT2D eigenvalue weighted by Crippen LogP contribution is -2.19. The molecule has 0 bridgehead atoms. The maximum absolute atomic E-state index is 13.2. The minimum atomic E-state index is -4.61. The fourth-order valence-corrected chi connectivity index (χ4v) is 4.71. The van der Waals surface area contributed by atoms with Gasteiger partial charge in [0.05, 0.1) is 27.9 Å². The Morgan fingerprint density at radius 3 is 2.39 bits per heavy atom. The Hall–Kier alpha value is -4.60. The summed E-state index contributed by atoms with van der Waals surface area (Å²) in [5.74, 6) is -1.53. The standard InChI is InChI=1S/C30H18Cl2F3N3O3/c31-21-14-22-25(17-7-2-1-3-8-17)27(37-26(22)23(32)15-21)28(39)38-36-16-19-9-4-5-12-24(19)41-29(40)18-10-6-11-20(13-18)30(33,34)35/h1-16,37H,(H,38,39). The summed E-state index contributed by atoms with van der Waals surface area (Å²) in [7, 11) is 0. The van der Waals surface area contributed by atoms with Crippen molar-refractivity contribution < 1.29 is 27.5 Å². The first-order valence-corrected chi connectivity index (χ1v) is 12.8. The summed E-state index contributed by atoms with van der Waals surface area (Å²) in [6.07, 6.45) is -3.36. The third kappa shape index (κ3) is 6.11. The SMILES string of the molecule is O=C(Oc1ccccc1C=NNC(=O)c1[nH]c2c(Cl)cc(Cl)cc2c1-c1ccccc1)c1cccc(C(F)(F)F)c1. The molecule has 2 N–H and O–H groups in total. The molecule has 0 aliphatic carbocycles. The molecule has 1 heterocycles. The highest BCUT2D eigenvalue weighted by atomic mass is 35.5. The number of hydrogen-bond acceptors (Lipinski definition) is 4. The molecule has 41 heavy (non-hydrogen) atoms. The predicted octanol–water partition coefficient (Wildman–Crippen LogP) is 8.14. The average Bonchev–Trinajstić information content (AvgIpc) is 3.34. The van der Waals surface area contributed by atoms with E-state index in [2.05, 4.69) is 15.5 Å². The van der Waals surface area contributed by atoms with Crippen LogP contribution in [0.15, 0.2) is 96.1 Å². The summed E-state index contributed by atoms with van der Waals surface area (Å²) < 4.78 is 44.5. The largest absolute Gasteiger partial charge is 0.422 e. The number of esters is 1. The van der Waals surface area contributed by atoms with Gasteiger partial charge in [-0.3, -0.25) is 4.79 Å². The third-order valence-corrected chi connectivity index (χ3v) is 6.55. The van der Waals surface area contributed by atoms with Crippen LogP contribution in [0.2, 0.25) is 10.0 Å². The Bertz CT molecular complexity index is 1800. The van der Waals surface area contributed by atoms with E-state index in [0.717, 1.165) is 17.7 Å². The number of H-pyrrole nitrogens is 1. The van der Waals surface area contributed by atoms with Gasteiger partial charge in [0, 0.05) is 21.5 Å². The Kier molecular flexibility index (Phi) is 7.83. The van der Waals surface area contributed by atoms with E-state index in [1.165, 1.54) is 18.3 Å². The minimum absolute atomic E-state index is 0.0323. The Morgan fingerprint density at radius 1 is 0.902 bits per heavy atom. The average molecular weight is 596 g/mol. The van der Waals surface area contributed by atoms with Crippen molar-refractivity contribution in [3.63, 3.8) is 0 Å². The Balaban J connectivity index is 1.39. The molecule has 0 atom stereocenters. The number of fused-ring (bicyclic) bond motifs is 1. The van der Waals surface area contributed by atoms with Crippen LogP contribution in [0.5, 0.6) is 5.75 Å². The number of nitrogens with one attached hydrogen (secondary N) is 2. The molecule has 0 saturated carbocycles. The number of hydrogen-bond donors (Lipinski definition) is 2. The predicted molar refractivity (Wildman–Crippen MR) is 152 cm³/mol. The first-order valence-electron chi connectivity index (χ1n) is 12.0. The summed E-state index contributed by atoms with van der Waals surface area (Å²) in [4.78, 5) is 28.9. The number of carbonyl (C=O) groups excluding carboxylic acids is 2. The van der Waals surface area contributed by atoms with Gasteiger partial charge < -0.3 is 9.72 Å². The molecule has 6 nitrogen and oxygen atoms in total. The first kappa shape index (κ1) is 27.9. The highest BCUT2D eigenvalue weighted by molar-refractivity contribution is 6.39. The van der Waals surface area contributed by atoms with Crippen LogP contribution in [-0.4, -0.2) is 23.1 Å². The molecule has 0 saturated heterocycles. The van der Waals surface area contributed by atoms with Gasteiger partial charge in [-0.1, -0.05) is 71.7 Å². The quantitative estimate of drug-likeness (QED) is 0.0899. The van der Waals surface area contributed by atoms with Crippen molar-refractivity contribution in [1.82, 2.24) is 10.4 Å². The zero-order valence-corrected chi connectivity index (χ0v) is 22.3. The van der Waals surface area contributed by atoms with Crippen molar-refractivity contribution in [2.45, 2.75) is 6.18 Å². The number of hydrazone groups is 1. The van der Waals surface area contributed by atoms with E-state index in [0.29, 0.717) is 38.1 Å². The van der Waals surface area contributed by atoms with Gasteiger partial charge in [-0.2, -0.15) is 18.3 Å². The molecular formula is C30H18Cl2F3N3O3. The van der Waals surface area contributed by atoms with Gasteiger partial charge in [0.15, 0.2) is 0 Å². The zero-order chi connectivity index (χ0) is 29.1. The van der Waals surface area contributed by atoms with Crippen molar-refractivity contribution in [2.75, 3.05) is 0 Å². The fraction of sp³-hybridized carbons (Fsp3) is 0.0333. The lowest BCUT2D eigenvalue weighted by atomic mass is 10.0. The van der Waals surface area contributed by atoms with E-state index in [-0.39, 0.29) is 17.0 Å². The third-order valence-electron chi connectivity index (χ3n) is 6.03. The van der Waals surface area contributed by atoms with Crippen molar-refractivity contribution in [3.05, 3.63) is 123 Å². The van der Waals surface area contributed by atoms with Crippen LogP contribution in [0.3, 0.4) is 0 Å². The number of benzene rings is 4. The Morgan fingerprint density at radius 2 is 1.63 bits per heavy atom. The molecule has 1 aromatic heterocycles. The highest BCUT2D eigenvalue weighted by Crippen LogP contribution is 2.37. The van der Waals surface area contributed by atoms with Gasteiger partial charge in [0.2, 0.25) is 0 Å². The molecule has 0 aliphatic heterocycles. The molecular weight excluding hydrogens is 578 g/mol. The van der Waals surface area contributed by atoms with Crippen LogP contribution in [-0.2, 0) is 6.18 Å². The van der Waals surface area contributed by atoms with Gasteiger partial charge in [-0.25, -0.2) is 10.2 Å². The molecule has 0 radical (unpaired) electrons. The van der Waals surface area contributed by atoms with Gasteiger partial charge >= 0.3 is 12.1 Å². The van der Waals surface area contributed by atoms with Crippen LogP contribution in [0.25, 0.3) is 22.0 Å². The molecule has 0 fully saturated rings. The number of alkyl halides is 3. The van der Waals surface area contributed by atoms with E-state index in [4.69, 9.17) is 27.9 Å². The summed E-state index contributed by atoms with van der Waals surface area (Å²) in [6.45, 7) is 0. The monoisotopic (exact) mass is 595 g/mol. The van der Waals surface area contributed by atoms with E-state index in [1.54, 1.807) is 30.3 Å². The number of nitrogens with zero attached hydrogens (tertiary/aromatic N) is 1. The molecule has 5 rings (SSSR count). The van der Waals surface area contributed by atoms with Gasteiger partial charge in [0.1, 0.15) is 11.4 Å². The summed E-state index contributed by atoms with van der Waals surface area (Å²) >= 11 is 12.6. The van der Waals surface area contributed by atoms with Crippen molar-refractivity contribution in [1.29, 1.82) is 0 Å². The molecule has 0 spiro atoms. The van der Waals surface area contributed by atoms with E-state index in [9.17, 15) is 22.8 Å². The van der Waals surface area contributed by atoms with Crippen molar-refractivity contribution >= 4 is 52.2 Å². The number of carbonyl (C=O) groups is 2. The Labute approximate surface area is 241 Å². The number of amides is 1. The summed E-state index contributed by atoms with van der Waals surface area (Å²) in [5.41, 5.74) is 3.54. The van der Waals surface area contributed by atoms with Crippen LogP contribution in [0, 0.1) is 0 Å².